The minimum absolute atomic E-state index is 0.431. The highest BCUT2D eigenvalue weighted by Crippen LogP contribution is 2.34. The maximum absolute atomic E-state index is 5.84. The van der Waals surface area contributed by atoms with Crippen LogP contribution in [0.5, 0.6) is 5.75 Å². The Labute approximate surface area is 130 Å². The molecule has 0 aliphatic heterocycles. The van der Waals surface area contributed by atoms with Crippen LogP contribution in [0, 0.1) is 5.92 Å². The summed E-state index contributed by atoms with van der Waals surface area (Å²) in [6.07, 6.45) is 9.73. The van der Waals surface area contributed by atoms with E-state index >= 15 is 0 Å². The molecule has 0 saturated heterocycles. The van der Waals surface area contributed by atoms with Gasteiger partial charge in [-0.2, -0.15) is 0 Å². The smallest absolute Gasteiger partial charge is 0.124 e. The van der Waals surface area contributed by atoms with E-state index in [1.165, 1.54) is 50.5 Å². The van der Waals surface area contributed by atoms with Gasteiger partial charge in [0, 0.05) is 11.6 Å². The molecule has 1 unspecified atom stereocenters. The SMILES string of the molecule is CCNC(CC1CCCCCC1)c1ccccc1OCC. The fraction of sp³-hybridized carbons (Fsp3) is 0.684. The van der Waals surface area contributed by atoms with Crippen LogP contribution in [-0.2, 0) is 0 Å². The molecule has 1 aliphatic rings. The molecular weight excluding hydrogens is 258 g/mol. The third-order valence-electron chi connectivity index (χ3n) is 4.59. The average Bonchev–Trinajstić information content (AvgIpc) is 2.76. The van der Waals surface area contributed by atoms with E-state index in [0.29, 0.717) is 6.04 Å². The second kappa shape index (κ2) is 9.09. The largest absolute Gasteiger partial charge is 0.494 e. The average molecular weight is 289 g/mol. The Morgan fingerprint density at radius 3 is 2.48 bits per heavy atom. The number of benzene rings is 1. The van der Waals surface area contributed by atoms with Crippen LogP contribution in [0.3, 0.4) is 0 Å². The number of nitrogens with one attached hydrogen (secondary N) is 1. The Balaban J connectivity index is 2.10. The summed E-state index contributed by atoms with van der Waals surface area (Å²) >= 11 is 0. The molecule has 1 N–H and O–H groups in total. The summed E-state index contributed by atoms with van der Waals surface area (Å²) in [7, 11) is 0. The molecule has 0 radical (unpaired) electrons. The highest BCUT2D eigenvalue weighted by atomic mass is 16.5. The van der Waals surface area contributed by atoms with Gasteiger partial charge in [0.2, 0.25) is 0 Å². The van der Waals surface area contributed by atoms with Crippen LogP contribution < -0.4 is 10.1 Å². The lowest BCUT2D eigenvalue weighted by Crippen LogP contribution is -2.24. The van der Waals surface area contributed by atoms with Crippen molar-refractivity contribution in [3.8, 4) is 5.75 Å². The van der Waals surface area contributed by atoms with Crippen LogP contribution in [0.15, 0.2) is 24.3 Å². The molecular formula is C19H31NO. The van der Waals surface area contributed by atoms with E-state index in [-0.39, 0.29) is 0 Å². The van der Waals surface area contributed by atoms with Gasteiger partial charge in [0.05, 0.1) is 6.61 Å². The van der Waals surface area contributed by atoms with Gasteiger partial charge in [-0.25, -0.2) is 0 Å². The fourth-order valence-corrected chi connectivity index (χ4v) is 3.55. The Bertz CT molecular complexity index is 396. The van der Waals surface area contributed by atoms with Gasteiger partial charge >= 0.3 is 0 Å². The first-order valence-corrected chi connectivity index (χ1v) is 8.80. The number of ether oxygens (including phenoxy) is 1. The lowest BCUT2D eigenvalue weighted by atomic mass is 9.89. The summed E-state index contributed by atoms with van der Waals surface area (Å²) in [5, 5.41) is 3.69. The van der Waals surface area contributed by atoms with E-state index in [0.717, 1.165) is 24.8 Å². The van der Waals surface area contributed by atoms with E-state index in [1.54, 1.807) is 0 Å². The van der Waals surface area contributed by atoms with Crippen molar-refractivity contribution in [2.45, 2.75) is 64.8 Å². The highest BCUT2D eigenvalue weighted by molar-refractivity contribution is 5.36. The Hall–Kier alpha value is -1.02. The zero-order chi connectivity index (χ0) is 14.9. The highest BCUT2D eigenvalue weighted by Gasteiger charge is 2.21. The molecule has 21 heavy (non-hydrogen) atoms. The molecule has 0 heterocycles. The van der Waals surface area contributed by atoms with E-state index in [2.05, 4.69) is 43.4 Å². The molecule has 118 valence electrons. The number of hydrogen-bond donors (Lipinski definition) is 1. The Morgan fingerprint density at radius 2 is 1.81 bits per heavy atom. The van der Waals surface area contributed by atoms with Crippen LogP contribution in [-0.4, -0.2) is 13.2 Å². The minimum atomic E-state index is 0.431. The van der Waals surface area contributed by atoms with Crippen LogP contribution in [0.4, 0.5) is 0 Å². The van der Waals surface area contributed by atoms with E-state index in [9.17, 15) is 0 Å². The summed E-state index contributed by atoms with van der Waals surface area (Å²) in [6, 6.07) is 8.98. The molecule has 2 nitrogen and oxygen atoms in total. The zero-order valence-electron chi connectivity index (χ0n) is 13.7. The summed E-state index contributed by atoms with van der Waals surface area (Å²) < 4.78 is 5.84. The first kappa shape index (κ1) is 16.4. The maximum atomic E-state index is 5.84. The zero-order valence-corrected chi connectivity index (χ0v) is 13.7. The third-order valence-corrected chi connectivity index (χ3v) is 4.59. The molecule has 2 heteroatoms. The van der Waals surface area contributed by atoms with Crippen molar-refractivity contribution in [1.82, 2.24) is 5.32 Å². The molecule has 2 rings (SSSR count). The molecule has 1 saturated carbocycles. The number of para-hydroxylation sites is 1. The number of hydrogen-bond acceptors (Lipinski definition) is 2. The molecule has 0 spiro atoms. The standard InChI is InChI=1S/C19H31NO/c1-3-20-18(15-16-11-7-5-6-8-12-16)17-13-9-10-14-19(17)21-4-2/h9-10,13-14,16,18,20H,3-8,11-12,15H2,1-2H3. The maximum Gasteiger partial charge on any atom is 0.124 e. The first-order chi connectivity index (χ1) is 10.3. The van der Waals surface area contributed by atoms with E-state index < -0.39 is 0 Å². The van der Waals surface area contributed by atoms with Gasteiger partial charge in [0.25, 0.3) is 0 Å². The normalized spacial score (nSPS) is 18.2. The molecule has 0 amide bonds. The van der Waals surface area contributed by atoms with Gasteiger partial charge in [-0.05, 0) is 31.9 Å². The van der Waals surface area contributed by atoms with Crippen LogP contribution >= 0.6 is 0 Å². The third kappa shape index (κ3) is 5.03. The van der Waals surface area contributed by atoms with Gasteiger partial charge in [-0.15, -0.1) is 0 Å². The summed E-state index contributed by atoms with van der Waals surface area (Å²) in [5.74, 6) is 1.92. The van der Waals surface area contributed by atoms with Gasteiger partial charge in [-0.1, -0.05) is 63.6 Å². The van der Waals surface area contributed by atoms with Crippen molar-refractivity contribution in [3.05, 3.63) is 29.8 Å². The second-order valence-electron chi connectivity index (χ2n) is 6.17. The van der Waals surface area contributed by atoms with Crippen LogP contribution in [0.2, 0.25) is 0 Å². The molecule has 1 fully saturated rings. The predicted molar refractivity (Wildman–Crippen MR) is 89.8 cm³/mol. The fourth-order valence-electron chi connectivity index (χ4n) is 3.55. The van der Waals surface area contributed by atoms with Gasteiger partial charge in [0.1, 0.15) is 5.75 Å². The van der Waals surface area contributed by atoms with Crippen LogP contribution in [0.25, 0.3) is 0 Å². The van der Waals surface area contributed by atoms with Gasteiger partial charge in [-0.3, -0.25) is 0 Å². The van der Waals surface area contributed by atoms with E-state index in [1.807, 2.05) is 0 Å². The Kier molecular flexibility index (Phi) is 7.08. The Morgan fingerprint density at radius 1 is 1.10 bits per heavy atom. The summed E-state index contributed by atoms with van der Waals surface area (Å²) in [4.78, 5) is 0. The van der Waals surface area contributed by atoms with Gasteiger partial charge in [0.15, 0.2) is 0 Å². The van der Waals surface area contributed by atoms with E-state index in [4.69, 9.17) is 4.74 Å². The molecule has 1 aromatic carbocycles. The quantitative estimate of drug-likeness (QED) is 0.705. The van der Waals surface area contributed by atoms with Crippen LogP contribution in [0.1, 0.15) is 70.4 Å². The monoisotopic (exact) mass is 289 g/mol. The molecule has 0 aromatic heterocycles. The number of rotatable bonds is 7. The first-order valence-electron chi connectivity index (χ1n) is 8.80. The lowest BCUT2D eigenvalue weighted by Gasteiger charge is -2.25. The van der Waals surface area contributed by atoms with Gasteiger partial charge < -0.3 is 10.1 Å². The minimum Gasteiger partial charge on any atom is -0.494 e. The molecule has 1 aromatic rings. The van der Waals surface area contributed by atoms with Crippen molar-refractivity contribution < 1.29 is 4.74 Å². The molecule has 0 bridgehead atoms. The topological polar surface area (TPSA) is 21.3 Å². The van der Waals surface area contributed by atoms with Crippen molar-refractivity contribution in [2.24, 2.45) is 5.92 Å². The van der Waals surface area contributed by atoms with Crippen molar-refractivity contribution >= 4 is 0 Å². The second-order valence-corrected chi connectivity index (χ2v) is 6.17. The predicted octanol–water partition coefficient (Wildman–Crippen LogP) is 5.10. The molecule has 1 atom stereocenters. The summed E-state index contributed by atoms with van der Waals surface area (Å²) in [6.45, 7) is 6.00. The van der Waals surface area contributed by atoms with Crippen molar-refractivity contribution in [1.29, 1.82) is 0 Å². The summed E-state index contributed by atoms with van der Waals surface area (Å²) in [5.41, 5.74) is 1.34. The van der Waals surface area contributed by atoms with Crippen molar-refractivity contribution in [2.75, 3.05) is 13.2 Å². The van der Waals surface area contributed by atoms with Crippen molar-refractivity contribution in [3.63, 3.8) is 0 Å². The lowest BCUT2D eigenvalue weighted by molar-refractivity contribution is 0.317. The molecule has 1 aliphatic carbocycles.